The number of hydrogen-bond acceptors (Lipinski definition) is 7. The number of ether oxygens (including phenoxy) is 1. The number of piperazine rings is 1. The average molecular weight is 612 g/mol. The highest BCUT2D eigenvalue weighted by Crippen LogP contribution is 2.43. The molecule has 1 amide bonds. The van der Waals surface area contributed by atoms with Crippen molar-refractivity contribution in [3.63, 3.8) is 0 Å². The van der Waals surface area contributed by atoms with E-state index in [1.807, 2.05) is 41.4 Å². The molecule has 8 rings (SSSR count). The summed E-state index contributed by atoms with van der Waals surface area (Å²) in [6.45, 7) is 7.80. The third-order valence-corrected chi connectivity index (χ3v) is 11.3. The molecule has 4 heterocycles. The van der Waals surface area contributed by atoms with Crippen LogP contribution in [0.5, 0.6) is 0 Å². The molecule has 3 aromatic rings. The number of hydrogen-bond donors (Lipinski definition) is 1. The molecular weight excluding hydrogens is 562 g/mol. The van der Waals surface area contributed by atoms with E-state index in [1.165, 1.54) is 90.5 Å². The van der Waals surface area contributed by atoms with Crippen LogP contribution in [-0.4, -0.2) is 86.7 Å². The van der Waals surface area contributed by atoms with E-state index < -0.39 is 0 Å². The second-order valence-corrected chi connectivity index (χ2v) is 14.6. The van der Waals surface area contributed by atoms with E-state index >= 15 is 0 Å². The minimum Gasteiger partial charge on any atom is -0.445 e. The normalized spacial score (nSPS) is 25.7. The van der Waals surface area contributed by atoms with Gasteiger partial charge in [-0.3, -0.25) is 4.90 Å². The smallest absolute Gasteiger partial charge is 0.410 e. The maximum Gasteiger partial charge on any atom is 0.410 e. The van der Waals surface area contributed by atoms with Gasteiger partial charge in [-0.2, -0.15) is 4.98 Å². The Morgan fingerprint density at radius 3 is 2.49 bits per heavy atom. The van der Waals surface area contributed by atoms with E-state index in [2.05, 4.69) is 25.8 Å². The first-order valence-corrected chi connectivity index (χ1v) is 17.7. The molecule has 3 aliphatic carbocycles. The van der Waals surface area contributed by atoms with E-state index in [0.717, 1.165) is 53.0 Å². The molecule has 0 unspecified atom stereocenters. The number of rotatable bonds is 7. The zero-order chi connectivity index (χ0) is 30.2. The quantitative estimate of drug-likeness (QED) is 0.352. The van der Waals surface area contributed by atoms with Crippen LogP contribution in [0.2, 0.25) is 0 Å². The minimum absolute atomic E-state index is 0.147. The molecule has 4 fully saturated rings. The first-order chi connectivity index (χ1) is 22.1. The molecule has 1 N–H and O–H groups in total. The Labute approximate surface area is 267 Å². The van der Waals surface area contributed by atoms with Gasteiger partial charge in [0.05, 0.1) is 12.1 Å². The maximum absolute atomic E-state index is 13.3. The lowest BCUT2D eigenvalue weighted by Gasteiger charge is -2.46. The molecule has 0 bridgehead atoms. The molecule has 9 nitrogen and oxygen atoms in total. The lowest BCUT2D eigenvalue weighted by Crippen LogP contribution is -2.53. The van der Waals surface area contributed by atoms with Gasteiger partial charge in [-0.25, -0.2) is 9.78 Å². The number of fused-ring (bicyclic) bond motifs is 4. The van der Waals surface area contributed by atoms with Crippen molar-refractivity contribution >= 4 is 23.1 Å². The molecule has 240 valence electrons. The van der Waals surface area contributed by atoms with Gasteiger partial charge in [-0.05, 0) is 68.9 Å². The molecule has 5 aliphatic rings. The van der Waals surface area contributed by atoms with E-state index in [-0.39, 0.29) is 11.6 Å². The molecule has 3 saturated carbocycles. The first-order valence-electron chi connectivity index (χ1n) is 17.7. The van der Waals surface area contributed by atoms with E-state index in [1.54, 1.807) is 0 Å². The largest absolute Gasteiger partial charge is 0.445 e. The Bertz CT molecular complexity index is 1470. The molecule has 1 saturated heterocycles. The monoisotopic (exact) mass is 611 g/mol. The summed E-state index contributed by atoms with van der Waals surface area (Å²) in [5.74, 6) is 1.74. The number of aromatic nitrogens is 3. The predicted octanol–water partition coefficient (Wildman–Crippen LogP) is 5.99. The van der Waals surface area contributed by atoms with E-state index in [9.17, 15) is 4.79 Å². The highest BCUT2D eigenvalue weighted by molar-refractivity contribution is 5.79. The predicted molar refractivity (Wildman–Crippen MR) is 176 cm³/mol. The highest BCUT2D eigenvalue weighted by Gasteiger charge is 2.43. The van der Waals surface area contributed by atoms with Crippen LogP contribution < -0.4 is 5.32 Å². The number of nitrogens with one attached hydrogen (secondary N) is 1. The second kappa shape index (κ2) is 12.6. The van der Waals surface area contributed by atoms with Gasteiger partial charge < -0.3 is 24.4 Å². The van der Waals surface area contributed by atoms with Crippen molar-refractivity contribution in [2.75, 3.05) is 44.6 Å². The zero-order valence-corrected chi connectivity index (χ0v) is 26.7. The summed E-state index contributed by atoms with van der Waals surface area (Å²) in [4.78, 5) is 30.7. The fraction of sp³-hybridized carbons (Fsp3) is 0.639. The van der Waals surface area contributed by atoms with Gasteiger partial charge >= 0.3 is 6.09 Å². The summed E-state index contributed by atoms with van der Waals surface area (Å²) in [6, 6.07) is 13.3. The number of amides is 1. The van der Waals surface area contributed by atoms with Crippen molar-refractivity contribution < 1.29 is 9.53 Å². The number of anilines is 1. The van der Waals surface area contributed by atoms with Gasteiger partial charge in [0.25, 0.3) is 0 Å². The summed E-state index contributed by atoms with van der Waals surface area (Å²) >= 11 is 0. The molecular formula is C36H49N7O2. The summed E-state index contributed by atoms with van der Waals surface area (Å²) < 4.78 is 8.28. The van der Waals surface area contributed by atoms with E-state index in [0.29, 0.717) is 25.7 Å². The fourth-order valence-corrected chi connectivity index (χ4v) is 8.71. The Balaban J connectivity index is 0.933. The first kappa shape index (κ1) is 29.2. The number of benzene rings is 1. The lowest BCUT2D eigenvalue weighted by molar-refractivity contribution is 0.0465. The topological polar surface area (TPSA) is 78.8 Å². The zero-order valence-electron chi connectivity index (χ0n) is 26.7. The Hall–Kier alpha value is -3.17. The highest BCUT2D eigenvalue weighted by atomic mass is 16.6. The van der Waals surface area contributed by atoms with Crippen molar-refractivity contribution in [3.05, 3.63) is 53.9 Å². The van der Waals surface area contributed by atoms with Gasteiger partial charge in [-0.1, -0.05) is 49.6 Å². The van der Waals surface area contributed by atoms with Crippen LogP contribution in [0.25, 0.3) is 11.0 Å². The van der Waals surface area contributed by atoms with Gasteiger partial charge in [0.1, 0.15) is 12.3 Å². The Morgan fingerprint density at radius 2 is 1.73 bits per heavy atom. The average Bonchev–Trinajstić information content (AvgIpc) is 3.82. The molecule has 0 atom stereocenters. The molecule has 1 aromatic carbocycles. The van der Waals surface area contributed by atoms with Crippen LogP contribution in [0.4, 0.5) is 10.7 Å². The summed E-state index contributed by atoms with van der Waals surface area (Å²) in [7, 11) is 0. The Kier molecular flexibility index (Phi) is 8.16. The van der Waals surface area contributed by atoms with Crippen molar-refractivity contribution in [1.29, 1.82) is 0 Å². The molecule has 9 heteroatoms. The van der Waals surface area contributed by atoms with Crippen molar-refractivity contribution in [2.24, 2.45) is 5.92 Å². The maximum atomic E-state index is 13.3. The molecule has 2 aromatic heterocycles. The van der Waals surface area contributed by atoms with Crippen LogP contribution in [0.15, 0.2) is 42.6 Å². The van der Waals surface area contributed by atoms with Crippen molar-refractivity contribution in [3.8, 4) is 0 Å². The van der Waals surface area contributed by atoms with Gasteiger partial charge in [0.15, 0.2) is 0 Å². The lowest BCUT2D eigenvalue weighted by atomic mass is 9.79. The van der Waals surface area contributed by atoms with Gasteiger partial charge in [0, 0.05) is 68.6 Å². The number of carbonyl (C=O) groups is 1. The van der Waals surface area contributed by atoms with Gasteiger partial charge in [-0.15, -0.1) is 0 Å². The molecule has 2 aliphatic heterocycles. The third-order valence-electron chi connectivity index (χ3n) is 11.3. The molecule has 1 spiro atoms. The van der Waals surface area contributed by atoms with Crippen LogP contribution >= 0.6 is 0 Å². The van der Waals surface area contributed by atoms with E-state index in [4.69, 9.17) is 14.7 Å². The van der Waals surface area contributed by atoms with Crippen LogP contribution in [0.1, 0.15) is 81.9 Å². The molecule has 0 radical (unpaired) electrons. The minimum atomic E-state index is -0.232. The summed E-state index contributed by atoms with van der Waals surface area (Å²) in [5.41, 5.74) is 3.01. The Morgan fingerprint density at radius 1 is 0.956 bits per heavy atom. The second-order valence-electron chi connectivity index (χ2n) is 14.6. The van der Waals surface area contributed by atoms with Gasteiger partial charge in [0.2, 0.25) is 5.95 Å². The SMILES string of the molecule is O=C(OCc1ccccc1)N1Cc2cc3cnc(NC4CCC(N5CCN(CC6CC6)CC5)CC4)nc3n2C2(CCCCC2)C1. The third kappa shape index (κ3) is 6.30. The van der Waals surface area contributed by atoms with Crippen LogP contribution in [0.3, 0.4) is 0 Å². The van der Waals surface area contributed by atoms with Crippen LogP contribution in [-0.2, 0) is 23.4 Å². The summed E-state index contributed by atoms with van der Waals surface area (Å²) in [5, 5.41) is 4.79. The van der Waals surface area contributed by atoms with Crippen molar-refractivity contribution in [2.45, 2.75) is 101 Å². The fourth-order valence-electron chi connectivity index (χ4n) is 8.71. The van der Waals surface area contributed by atoms with Crippen molar-refractivity contribution in [1.82, 2.24) is 29.2 Å². The standard InChI is InChI=1S/C36H49N7O2/c44-35(45-25-28-7-3-1-4-8-28)42-24-32-21-29-22-37-34(39-33(29)43(32)36(26-42)15-5-2-6-16-36)38-30-11-13-31(14-12-30)41-19-17-40(18-20-41)23-27-9-10-27/h1,3-4,7-8,21-22,27,30-31H,2,5-6,9-20,23-26H2,(H,37,38,39). The van der Waals surface area contributed by atoms with Crippen LogP contribution in [0, 0.1) is 5.92 Å². The number of nitrogens with zero attached hydrogens (tertiary/aromatic N) is 6. The molecule has 45 heavy (non-hydrogen) atoms. The number of carbonyl (C=O) groups excluding carboxylic acids is 1. The summed E-state index contributed by atoms with van der Waals surface area (Å²) in [6.07, 6.45) is 15.2.